The van der Waals surface area contributed by atoms with Gasteiger partial charge in [-0.15, -0.1) is 0 Å². The van der Waals surface area contributed by atoms with Crippen LogP contribution in [0.15, 0.2) is 24.5 Å². The predicted molar refractivity (Wildman–Crippen MR) is 77.0 cm³/mol. The lowest BCUT2D eigenvalue weighted by Gasteiger charge is -2.25. The second-order valence-corrected chi connectivity index (χ2v) is 5.91. The van der Waals surface area contributed by atoms with Gasteiger partial charge in [0.15, 0.2) is 0 Å². The van der Waals surface area contributed by atoms with Gasteiger partial charge in [0.1, 0.15) is 0 Å². The van der Waals surface area contributed by atoms with Crippen molar-refractivity contribution in [2.24, 2.45) is 5.92 Å². The normalized spacial score (nSPS) is 30.4. The Kier molecular flexibility index (Phi) is 3.72. The highest BCUT2D eigenvalue weighted by Crippen LogP contribution is 2.35. The molecule has 1 aromatic heterocycles. The van der Waals surface area contributed by atoms with Crippen molar-refractivity contribution in [3.05, 3.63) is 30.1 Å². The Morgan fingerprint density at radius 3 is 3.00 bits per heavy atom. The van der Waals surface area contributed by atoms with Crippen molar-refractivity contribution in [3.63, 3.8) is 0 Å². The first-order valence-electron chi connectivity index (χ1n) is 7.24. The van der Waals surface area contributed by atoms with Gasteiger partial charge in [-0.25, -0.2) is 0 Å². The average Bonchev–Trinajstić information content (AvgIpc) is 2.99. The molecule has 1 amide bonds. The summed E-state index contributed by atoms with van der Waals surface area (Å²) in [5, 5.41) is 2.78. The van der Waals surface area contributed by atoms with E-state index < -0.39 is 0 Å². The number of nitrogens with zero attached hydrogens (tertiary/aromatic N) is 3. The molecular weight excluding hydrogens is 252 g/mol. The SMILES string of the molecule is CNC(=O)[C@@H]1C[C@H]2CN(Cc3cccnc3)C[C@H]2N1C. The van der Waals surface area contributed by atoms with Crippen LogP contribution < -0.4 is 5.32 Å². The molecule has 0 spiro atoms. The molecule has 2 saturated heterocycles. The summed E-state index contributed by atoms with van der Waals surface area (Å²) in [7, 11) is 3.80. The molecule has 1 N–H and O–H groups in total. The van der Waals surface area contributed by atoms with Crippen LogP contribution >= 0.6 is 0 Å². The van der Waals surface area contributed by atoms with E-state index in [-0.39, 0.29) is 11.9 Å². The smallest absolute Gasteiger partial charge is 0.237 e. The highest BCUT2D eigenvalue weighted by atomic mass is 16.2. The third-order valence-corrected chi connectivity index (χ3v) is 4.70. The molecule has 0 aliphatic carbocycles. The fourth-order valence-electron chi connectivity index (χ4n) is 3.66. The molecule has 1 aromatic rings. The molecule has 5 heteroatoms. The zero-order valence-corrected chi connectivity index (χ0v) is 12.1. The van der Waals surface area contributed by atoms with Crippen molar-refractivity contribution in [1.82, 2.24) is 20.1 Å². The summed E-state index contributed by atoms with van der Waals surface area (Å²) in [5.41, 5.74) is 1.26. The Balaban J connectivity index is 1.61. The summed E-state index contributed by atoms with van der Waals surface area (Å²) >= 11 is 0. The molecule has 0 bridgehead atoms. The second-order valence-electron chi connectivity index (χ2n) is 5.91. The van der Waals surface area contributed by atoms with E-state index >= 15 is 0 Å². The number of nitrogens with one attached hydrogen (secondary N) is 1. The van der Waals surface area contributed by atoms with Gasteiger partial charge in [-0.05, 0) is 31.0 Å². The number of pyridine rings is 1. The van der Waals surface area contributed by atoms with Gasteiger partial charge in [-0.1, -0.05) is 6.07 Å². The molecule has 108 valence electrons. The highest BCUT2D eigenvalue weighted by Gasteiger charge is 2.46. The number of likely N-dealkylation sites (tertiary alicyclic amines) is 2. The fraction of sp³-hybridized carbons (Fsp3) is 0.600. The first kappa shape index (κ1) is 13.5. The van der Waals surface area contributed by atoms with E-state index in [2.05, 4.69) is 33.2 Å². The minimum Gasteiger partial charge on any atom is -0.358 e. The largest absolute Gasteiger partial charge is 0.358 e. The van der Waals surface area contributed by atoms with E-state index in [1.807, 2.05) is 18.5 Å². The maximum Gasteiger partial charge on any atom is 0.237 e. The number of carbonyl (C=O) groups is 1. The van der Waals surface area contributed by atoms with Crippen LogP contribution in [0.3, 0.4) is 0 Å². The van der Waals surface area contributed by atoms with Crippen LogP contribution in [0.2, 0.25) is 0 Å². The van der Waals surface area contributed by atoms with Crippen LogP contribution in [0.25, 0.3) is 0 Å². The second kappa shape index (κ2) is 5.50. The van der Waals surface area contributed by atoms with Gasteiger partial charge in [0.2, 0.25) is 5.91 Å². The summed E-state index contributed by atoms with van der Waals surface area (Å²) in [6, 6.07) is 4.67. The number of fused-ring (bicyclic) bond motifs is 1. The predicted octanol–water partition coefficient (Wildman–Crippen LogP) is 0.332. The molecule has 5 nitrogen and oxygen atoms in total. The third-order valence-electron chi connectivity index (χ3n) is 4.70. The Bertz CT molecular complexity index is 478. The summed E-state index contributed by atoms with van der Waals surface area (Å²) in [6.45, 7) is 3.08. The number of likely N-dealkylation sites (N-methyl/N-ethyl adjacent to an activating group) is 2. The number of amides is 1. The number of hydrogen-bond acceptors (Lipinski definition) is 4. The van der Waals surface area contributed by atoms with E-state index in [1.165, 1.54) is 5.56 Å². The molecule has 2 aliphatic heterocycles. The van der Waals surface area contributed by atoms with Gasteiger partial charge in [-0.2, -0.15) is 0 Å². The van der Waals surface area contributed by atoms with Crippen molar-refractivity contribution in [1.29, 1.82) is 0 Å². The molecule has 3 atom stereocenters. The Morgan fingerprint density at radius 1 is 1.50 bits per heavy atom. The van der Waals surface area contributed by atoms with E-state index in [1.54, 1.807) is 7.05 Å². The van der Waals surface area contributed by atoms with E-state index in [0.29, 0.717) is 12.0 Å². The summed E-state index contributed by atoms with van der Waals surface area (Å²) < 4.78 is 0. The van der Waals surface area contributed by atoms with Gasteiger partial charge in [-0.3, -0.25) is 19.6 Å². The van der Waals surface area contributed by atoms with Crippen molar-refractivity contribution < 1.29 is 4.79 Å². The third kappa shape index (κ3) is 2.43. The molecule has 0 saturated carbocycles. The molecule has 2 aliphatic rings. The topological polar surface area (TPSA) is 48.5 Å². The van der Waals surface area contributed by atoms with Gasteiger partial charge in [0, 0.05) is 45.1 Å². The van der Waals surface area contributed by atoms with Crippen LogP contribution in [0, 0.1) is 5.92 Å². The van der Waals surface area contributed by atoms with Gasteiger partial charge in [0.05, 0.1) is 6.04 Å². The van der Waals surface area contributed by atoms with Crippen LogP contribution in [0.5, 0.6) is 0 Å². The van der Waals surface area contributed by atoms with Gasteiger partial charge < -0.3 is 5.32 Å². The van der Waals surface area contributed by atoms with Crippen LogP contribution in [0.4, 0.5) is 0 Å². The molecule has 3 rings (SSSR count). The molecule has 0 unspecified atom stereocenters. The standard InChI is InChI=1S/C15H22N4O/c1-16-15(20)13-6-12-9-19(10-14(12)18(13)2)8-11-4-3-5-17-7-11/h3-5,7,12-14H,6,8-10H2,1-2H3,(H,16,20)/t12-,13-,14+/m0/s1. The van der Waals surface area contributed by atoms with Crippen LogP contribution in [-0.4, -0.2) is 60.0 Å². The summed E-state index contributed by atoms with van der Waals surface area (Å²) in [5.74, 6) is 0.764. The van der Waals surface area contributed by atoms with Gasteiger partial charge >= 0.3 is 0 Å². The van der Waals surface area contributed by atoms with Gasteiger partial charge in [0.25, 0.3) is 0 Å². The van der Waals surface area contributed by atoms with E-state index in [0.717, 1.165) is 26.1 Å². The summed E-state index contributed by atoms with van der Waals surface area (Å²) in [4.78, 5) is 20.8. The lowest BCUT2D eigenvalue weighted by molar-refractivity contribution is -0.125. The average molecular weight is 274 g/mol. The van der Waals surface area contributed by atoms with Crippen molar-refractivity contribution in [2.75, 3.05) is 27.2 Å². The Hall–Kier alpha value is -1.46. The first-order chi connectivity index (χ1) is 9.69. The zero-order chi connectivity index (χ0) is 14.1. The number of hydrogen-bond donors (Lipinski definition) is 1. The molecule has 3 heterocycles. The summed E-state index contributed by atoms with van der Waals surface area (Å²) in [6.07, 6.45) is 4.72. The van der Waals surface area contributed by atoms with Crippen LogP contribution in [0.1, 0.15) is 12.0 Å². The van der Waals surface area contributed by atoms with E-state index in [9.17, 15) is 4.79 Å². The lowest BCUT2D eigenvalue weighted by atomic mass is 10.0. The maximum atomic E-state index is 11.9. The maximum absolute atomic E-state index is 11.9. The number of aromatic nitrogens is 1. The van der Waals surface area contributed by atoms with E-state index in [4.69, 9.17) is 0 Å². The molecular formula is C15H22N4O. The number of rotatable bonds is 3. The molecule has 20 heavy (non-hydrogen) atoms. The molecule has 0 radical (unpaired) electrons. The monoisotopic (exact) mass is 274 g/mol. The zero-order valence-electron chi connectivity index (χ0n) is 12.1. The number of carbonyl (C=O) groups excluding carboxylic acids is 1. The van der Waals surface area contributed by atoms with Crippen molar-refractivity contribution in [2.45, 2.75) is 25.0 Å². The fourth-order valence-corrected chi connectivity index (χ4v) is 3.66. The Labute approximate surface area is 120 Å². The highest BCUT2D eigenvalue weighted by molar-refractivity contribution is 5.81. The first-order valence-corrected chi connectivity index (χ1v) is 7.24. The minimum atomic E-state index is 0.0514. The quantitative estimate of drug-likeness (QED) is 0.863. The minimum absolute atomic E-state index is 0.0514. The van der Waals surface area contributed by atoms with Crippen LogP contribution in [-0.2, 0) is 11.3 Å². The molecule has 2 fully saturated rings. The lowest BCUT2D eigenvalue weighted by Crippen LogP contribution is -2.44. The van der Waals surface area contributed by atoms with Crippen molar-refractivity contribution in [3.8, 4) is 0 Å². The van der Waals surface area contributed by atoms with Crippen molar-refractivity contribution >= 4 is 5.91 Å². The Morgan fingerprint density at radius 2 is 2.35 bits per heavy atom. The molecule has 0 aromatic carbocycles.